The Labute approximate surface area is 182 Å². The van der Waals surface area contributed by atoms with Crippen LogP contribution in [0.3, 0.4) is 0 Å². The fourth-order valence-corrected chi connectivity index (χ4v) is 4.57. The van der Waals surface area contributed by atoms with Gasteiger partial charge in [0.1, 0.15) is 11.8 Å². The van der Waals surface area contributed by atoms with Gasteiger partial charge in [-0.1, -0.05) is 44.2 Å². The summed E-state index contributed by atoms with van der Waals surface area (Å²) in [6.07, 6.45) is 1.37. The summed E-state index contributed by atoms with van der Waals surface area (Å²) < 4.78 is 0. The van der Waals surface area contributed by atoms with E-state index < -0.39 is 6.04 Å². The van der Waals surface area contributed by atoms with E-state index in [-0.39, 0.29) is 35.0 Å². The van der Waals surface area contributed by atoms with Gasteiger partial charge < -0.3 is 19.8 Å². The van der Waals surface area contributed by atoms with Crippen molar-refractivity contribution in [3.63, 3.8) is 0 Å². The van der Waals surface area contributed by atoms with E-state index in [1.165, 1.54) is 0 Å². The first-order valence-corrected chi connectivity index (χ1v) is 11.0. The summed E-state index contributed by atoms with van der Waals surface area (Å²) in [5.41, 5.74) is 0.228. The maximum absolute atomic E-state index is 13.3. The third kappa shape index (κ3) is 3.96. The molecule has 2 aliphatic rings. The smallest absolute Gasteiger partial charge is 0.258 e. The lowest BCUT2D eigenvalue weighted by molar-refractivity contribution is -0.143. The molecule has 0 aromatic heterocycles. The molecule has 7 nitrogen and oxygen atoms in total. The maximum atomic E-state index is 13.3. The van der Waals surface area contributed by atoms with E-state index in [1.807, 2.05) is 38.1 Å². The van der Waals surface area contributed by atoms with Crippen LogP contribution in [0.2, 0.25) is 0 Å². The number of amides is 3. The SMILES string of the molecule is CC(C)C(=O)N1CCN(C(=O)C2CCCN2C(=O)c2ccc3ccccc3c2O)CC1. The van der Waals surface area contributed by atoms with Gasteiger partial charge in [-0.3, -0.25) is 14.4 Å². The minimum absolute atomic E-state index is 0.0398. The molecule has 1 atom stereocenters. The monoisotopic (exact) mass is 423 g/mol. The molecular formula is C24H29N3O4. The van der Waals surface area contributed by atoms with Gasteiger partial charge >= 0.3 is 0 Å². The molecule has 0 saturated carbocycles. The van der Waals surface area contributed by atoms with Gasteiger partial charge in [0.15, 0.2) is 0 Å². The molecular weight excluding hydrogens is 394 g/mol. The summed E-state index contributed by atoms with van der Waals surface area (Å²) in [7, 11) is 0. The second-order valence-electron chi connectivity index (χ2n) is 8.64. The van der Waals surface area contributed by atoms with Crippen molar-refractivity contribution in [2.45, 2.75) is 32.7 Å². The van der Waals surface area contributed by atoms with Gasteiger partial charge in [-0.05, 0) is 24.3 Å². The van der Waals surface area contributed by atoms with Gasteiger partial charge in [-0.2, -0.15) is 0 Å². The third-order valence-electron chi connectivity index (χ3n) is 6.33. The Kier molecular flexibility index (Phi) is 5.85. The number of piperazine rings is 1. The van der Waals surface area contributed by atoms with Crippen LogP contribution in [0.5, 0.6) is 5.75 Å². The van der Waals surface area contributed by atoms with E-state index in [9.17, 15) is 19.5 Å². The predicted octanol–water partition coefficient (Wildman–Crippen LogP) is 2.48. The van der Waals surface area contributed by atoms with Gasteiger partial charge in [0.25, 0.3) is 5.91 Å². The van der Waals surface area contributed by atoms with Crippen molar-refractivity contribution in [1.82, 2.24) is 14.7 Å². The molecule has 7 heteroatoms. The predicted molar refractivity (Wildman–Crippen MR) is 118 cm³/mol. The lowest BCUT2D eigenvalue weighted by atomic mass is 10.0. The molecule has 1 unspecified atom stereocenters. The molecule has 1 N–H and O–H groups in total. The molecule has 2 heterocycles. The normalized spacial score (nSPS) is 19.3. The van der Waals surface area contributed by atoms with Crippen molar-refractivity contribution >= 4 is 28.5 Å². The number of fused-ring (bicyclic) bond motifs is 1. The lowest BCUT2D eigenvalue weighted by Crippen LogP contribution is -2.55. The van der Waals surface area contributed by atoms with Crippen LogP contribution in [0.15, 0.2) is 36.4 Å². The molecule has 2 saturated heterocycles. The van der Waals surface area contributed by atoms with Crippen LogP contribution in [0.1, 0.15) is 37.0 Å². The quantitative estimate of drug-likeness (QED) is 0.822. The second-order valence-corrected chi connectivity index (χ2v) is 8.64. The second kappa shape index (κ2) is 8.57. The molecule has 0 radical (unpaired) electrons. The fraction of sp³-hybridized carbons (Fsp3) is 0.458. The Balaban J connectivity index is 1.48. The Morgan fingerprint density at radius 2 is 1.61 bits per heavy atom. The average molecular weight is 424 g/mol. The van der Waals surface area contributed by atoms with Crippen LogP contribution in [-0.4, -0.2) is 76.3 Å². The summed E-state index contributed by atoms with van der Waals surface area (Å²) >= 11 is 0. The maximum Gasteiger partial charge on any atom is 0.258 e. The van der Waals surface area contributed by atoms with E-state index in [4.69, 9.17) is 0 Å². The number of carbonyl (C=O) groups is 3. The number of phenolic OH excluding ortho intramolecular Hbond substituents is 1. The molecule has 2 fully saturated rings. The molecule has 4 rings (SSSR count). The topological polar surface area (TPSA) is 81.2 Å². The molecule has 2 aliphatic heterocycles. The van der Waals surface area contributed by atoms with E-state index in [1.54, 1.807) is 26.8 Å². The minimum atomic E-state index is -0.522. The third-order valence-corrected chi connectivity index (χ3v) is 6.33. The molecule has 2 aromatic rings. The number of likely N-dealkylation sites (tertiary alicyclic amines) is 1. The number of hydrogen-bond donors (Lipinski definition) is 1. The standard InChI is InChI=1S/C24H29N3O4/c1-16(2)22(29)25-12-14-26(15-13-25)24(31)20-8-5-11-27(20)23(30)19-10-9-17-6-3-4-7-18(17)21(19)28/h3-4,6-7,9-10,16,20,28H,5,8,11-15H2,1-2H3. The van der Waals surface area contributed by atoms with Crippen LogP contribution >= 0.6 is 0 Å². The summed E-state index contributed by atoms with van der Waals surface area (Å²) in [4.78, 5) is 43.9. The first-order chi connectivity index (χ1) is 14.9. The highest BCUT2D eigenvalue weighted by Gasteiger charge is 2.38. The number of phenols is 1. The molecule has 2 aromatic carbocycles. The number of rotatable bonds is 3. The Bertz CT molecular complexity index is 1010. The van der Waals surface area contributed by atoms with Crippen LogP contribution in [-0.2, 0) is 9.59 Å². The zero-order valence-corrected chi connectivity index (χ0v) is 18.1. The number of hydrogen-bond acceptors (Lipinski definition) is 4. The molecule has 164 valence electrons. The first kappa shape index (κ1) is 21.2. The van der Waals surface area contributed by atoms with Gasteiger partial charge in [-0.25, -0.2) is 0 Å². The highest BCUT2D eigenvalue weighted by molar-refractivity contribution is 6.05. The van der Waals surface area contributed by atoms with Gasteiger partial charge in [0, 0.05) is 44.0 Å². The van der Waals surface area contributed by atoms with E-state index in [0.717, 1.165) is 11.8 Å². The molecule has 0 bridgehead atoms. The van der Waals surface area contributed by atoms with Crippen molar-refractivity contribution in [3.05, 3.63) is 42.0 Å². The zero-order valence-electron chi connectivity index (χ0n) is 18.1. The number of carbonyl (C=O) groups excluding carboxylic acids is 3. The lowest BCUT2D eigenvalue weighted by Gasteiger charge is -2.38. The molecule has 0 spiro atoms. The van der Waals surface area contributed by atoms with Crippen LogP contribution in [0, 0.1) is 5.92 Å². The van der Waals surface area contributed by atoms with Crippen molar-refractivity contribution in [1.29, 1.82) is 0 Å². The van der Waals surface area contributed by atoms with Crippen molar-refractivity contribution in [2.24, 2.45) is 5.92 Å². The van der Waals surface area contributed by atoms with Gasteiger partial charge in [0.05, 0.1) is 5.56 Å². The van der Waals surface area contributed by atoms with E-state index >= 15 is 0 Å². The highest BCUT2D eigenvalue weighted by Crippen LogP contribution is 2.31. The number of benzene rings is 2. The zero-order chi connectivity index (χ0) is 22.1. The molecule has 31 heavy (non-hydrogen) atoms. The summed E-state index contributed by atoms with van der Waals surface area (Å²) in [5, 5.41) is 12.2. The summed E-state index contributed by atoms with van der Waals surface area (Å²) in [6.45, 7) is 6.26. The van der Waals surface area contributed by atoms with E-state index in [0.29, 0.717) is 44.5 Å². The summed E-state index contributed by atoms with van der Waals surface area (Å²) in [5.74, 6) is -0.367. The van der Waals surface area contributed by atoms with Crippen LogP contribution in [0.4, 0.5) is 0 Å². The van der Waals surface area contributed by atoms with Crippen molar-refractivity contribution in [3.8, 4) is 5.75 Å². The van der Waals surface area contributed by atoms with Crippen LogP contribution < -0.4 is 0 Å². The Hall–Kier alpha value is -3.09. The van der Waals surface area contributed by atoms with Crippen molar-refractivity contribution in [2.75, 3.05) is 32.7 Å². The van der Waals surface area contributed by atoms with Crippen LogP contribution in [0.25, 0.3) is 10.8 Å². The minimum Gasteiger partial charge on any atom is -0.506 e. The Morgan fingerprint density at radius 3 is 2.32 bits per heavy atom. The van der Waals surface area contributed by atoms with E-state index in [2.05, 4.69) is 0 Å². The summed E-state index contributed by atoms with van der Waals surface area (Å²) in [6, 6.07) is 10.3. The Morgan fingerprint density at radius 1 is 0.935 bits per heavy atom. The number of aromatic hydroxyl groups is 1. The molecule has 3 amide bonds. The highest BCUT2D eigenvalue weighted by atomic mass is 16.3. The fourth-order valence-electron chi connectivity index (χ4n) is 4.57. The largest absolute Gasteiger partial charge is 0.506 e. The molecule has 0 aliphatic carbocycles. The number of nitrogens with zero attached hydrogens (tertiary/aromatic N) is 3. The van der Waals surface area contributed by atoms with Gasteiger partial charge in [0.2, 0.25) is 11.8 Å². The van der Waals surface area contributed by atoms with Gasteiger partial charge in [-0.15, -0.1) is 0 Å². The average Bonchev–Trinajstić information content (AvgIpc) is 3.28. The van der Waals surface area contributed by atoms with Crippen molar-refractivity contribution < 1.29 is 19.5 Å². The first-order valence-electron chi connectivity index (χ1n) is 11.0.